The Morgan fingerprint density at radius 2 is 2.04 bits per heavy atom. The molecule has 3 heterocycles. The van der Waals surface area contributed by atoms with Crippen LogP contribution in [0.4, 0.5) is 11.9 Å². The predicted molar refractivity (Wildman–Crippen MR) is 90.4 cm³/mol. The number of ether oxygens (including phenoxy) is 1. The number of hydrogen-bond donors (Lipinski definition) is 1. The van der Waals surface area contributed by atoms with Crippen molar-refractivity contribution in [1.29, 1.82) is 0 Å². The van der Waals surface area contributed by atoms with Gasteiger partial charge in [0.2, 0.25) is 11.9 Å². The minimum absolute atomic E-state index is 0.177. The number of carbonyl (C=O) groups excluding carboxylic acids is 1. The minimum atomic E-state index is -0.326. The SMILES string of the molecule is CN(C)c1nc(CNC(=O)c2cnccn2)nc(N2CCOCC2)n1. The van der Waals surface area contributed by atoms with Crippen LogP contribution in [0, 0.1) is 0 Å². The molecule has 1 amide bonds. The molecule has 0 saturated carbocycles. The van der Waals surface area contributed by atoms with E-state index in [1.807, 2.05) is 19.0 Å². The highest BCUT2D eigenvalue weighted by Crippen LogP contribution is 2.14. The van der Waals surface area contributed by atoms with Crippen LogP contribution in [0.3, 0.4) is 0 Å². The average molecular weight is 344 g/mol. The van der Waals surface area contributed by atoms with E-state index in [4.69, 9.17) is 4.74 Å². The molecular formula is C15H20N8O2. The van der Waals surface area contributed by atoms with Crippen molar-refractivity contribution in [1.82, 2.24) is 30.2 Å². The molecule has 25 heavy (non-hydrogen) atoms. The maximum absolute atomic E-state index is 12.1. The van der Waals surface area contributed by atoms with Crippen LogP contribution >= 0.6 is 0 Å². The lowest BCUT2D eigenvalue weighted by Gasteiger charge is -2.27. The van der Waals surface area contributed by atoms with Crippen molar-refractivity contribution in [2.75, 3.05) is 50.2 Å². The summed E-state index contributed by atoms with van der Waals surface area (Å²) in [5.74, 6) is 1.29. The molecule has 0 radical (unpaired) electrons. The zero-order valence-corrected chi connectivity index (χ0v) is 14.2. The lowest BCUT2D eigenvalue weighted by Crippen LogP contribution is -2.38. The Balaban J connectivity index is 1.75. The molecule has 2 aromatic heterocycles. The molecule has 0 unspecified atom stereocenters. The molecule has 2 aromatic rings. The van der Waals surface area contributed by atoms with E-state index in [2.05, 4.69) is 30.2 Å². The summed E-state index contributed by atoms with van der Waals surface area (Å²) in [7, 11) is 3.72. The van der Waals surface area contributed by atoms with E-state index in [9.17, 15) is 4.79 Å². The summed E-state index contributed by atoms with van der Waals surface area (Å²) < 4.78 is 5.36. The fourth-order valence-electron chi connectivity index (χ4n) is 2.25. The molecule has 10 heteroatoms. The number of aromatic nitrogens is 5. The second-order valence-electron chi connectivity index (χ2n) is 5.62. The second kappa shape index (κ2) is 7.79. The Labute approximate surface area is 145 Å². The first-order valence-corrected chi connectivity index (χ1v) is 7.92. The molecule has 1 aliphatic rings. The fourth-order valence-corrected chi connectivity index (χ4v) is 2.25. The first-order valence-electron chi connectivity index (χ1n) is 7.92. The van der Waals surface area contributed by atoms with Gasteiger partial charge in [-0.3, -0.25) is 9.78 Å². The highest BCUT2D eigenvalue weighted by atomic mass is 16.5. The summed E-state index contributed by atoms with van der Waals surface area (Å²) in [5.41, 5.74) is 0.248. The van der Waals surface area contributed by atoms with Gasteiger partial charge in [0, 0.05) is 39.6 Å². The first kappa shape index (κ1) is 17.0. The Kier molecular flexibility index (Phi) is 5.29. The van der Waals surface area contributed by atoms with Gasteiger partial charge in [-0.2, -0.15) is 15.0 Å². The van der Waals surface area contributed by atoms with Gasteiger partial charge in [0.05, 0.1) is 26.0 Å². The van der Waals surface area contributed by atoms with Crippen molar-refractivity contribution in [2.24, 2.45) is 0 Å². The summed E-state index contributed by atoms with van der Waals surface area (Å²) in [5, 5.41) is 2.76. The first-order chi connectivity index (χ1) is 12.1. The number of carbonyl (C=O) groups is 1. The third kappa shape index (κ3) is 4.35. The molecule has 0 bridgehead atoms. The maximum Gasteiger partial charge on any atom is 0.271 e. The van der Waals surface area contributed by atoms with E-state index in [1.54, 1.807) is 4.90 Å². The number of nitrogens with zero attached hydrogens (tertiary/aromatic N) is 7. The monoisotopic (exact) mass is 344 g/mol. The van der Waals surface area contributed by atoms with Crippen LogP contribution in [0.5, 0.6) is 0 Å². The van der Waals surface area contributed by atoms with Crippen molar-refractivity contribution in [3.05, 3.63) is 30.1 Å². The Morgan fingerprint density at radius 1 is 1.24 bits per heavy atom. The van der Waals surface area contributed by atoms with Crippen LogP contribution in [-0.2, 0) is 11.3 Å². The zero-order chi connectivity index (χ0) is 17.6. The quantitative estimate of drug-likeness (QED) is 0.767. The van der Waals surface area contributed by atoms with Gasteiger partial charge >= 0.3 is 0 Å². The number of hydrogen-bond acceptors (Lipinski definition) is 9. The maximum atomic E-state index is 12.1. The van der Waals surface area contributed by atoms with Crippen molar-refractivity contribution in [3.63, 3.8) is 0 Å². The summed E-state index contributed by atoms with van der Waals surface area (Å²) in [4.78, 5) is 37.2. The average Bonchev–Trinajstić information content (AvgIpc) is 2.67. The molecule has 10 nitrogen and oxygen atoms in total. The van der Waals surface area contributed by atoms with E-state index < -0.39 is 0 Å². The minimum Gasteiger partial charge on any atom is -0.378 e. The van der Waals surface area contributed by atoms with Gasteiger partial charge in [0.15, 0.2) is 5.82 Å². The number of rotatable bonds is 5. The van der Waals surface area contributed by atoms with Gasteiger partial charge in [0.25, 0.3) is 5.91 Å². The lowest BCUT2D eigenvalue weighted by atomic mass is 10.4. The van der Waals surface area contributed by atoms with Crippen LogP contribution in [0.2, 0.25) is 0 Å². The van der Waals surface area contributed by atoms with Gasteiger partial charge < -0.3 is 19.9 Å². The highest BCUT2D eigenvalue weighted by Gasteiger charge is 2.17. The largest absolute Gasteiger partial charge is 0.378 e. The van der Waals surface area contributed by atoms with E-state index in [0.29, 0.717) is 30.9 Å². The van der Waals surface area contributed by atoms with E-state index >= 15 is 0 Å². The third-order valence-corrected chi connectivity index (χ3v) is 3.55. The smallest absolute Gasteiger partial charge is 0.271 e. The molecule has 132 valence electrons. The number of nitrogens with one attached hydrogen (secondary N) is 1. The van der Waals surface area contributed by atoms with E-state index in [-0.39, 0.29) is 18.1 Å². The molecule has 0 aromatic carbocycles. The molecule has 0 atom stereocenters. The fraction of sp³-hybridized carbons (Fsp3) is 0.467. The van der Waals surface area contributed by atoms with Crippen molar-refractivity contribution >= 4 is 17.8 Å². The third-order valence-electron chi connectivity index (χ3n) is 3.55. The molecule has 1 aliphatic heterocycles. The van der Waals surface area contributed by atoms with Gasteiger partial charge in [0.1, 0.15) is 5.69 Å². The Hall–Kier alpha value is -2.88. The zero-order valence-electron chi connectivity index (χ0n) is 14.2. The Bertz CT molecular complexity index is 719. The molecule has 3 rings (SSSR count). The van der Waals surface area contributed by atoms with Gasteiger partial charge in [-0.05, 0) is 0 Å². The van der Waals surface area contributed by atoms with Crippen molar-refractivity contribution in [3.8, 4) is 0 Å². The van der Waals surface area contributed by atoms with Crippen LogP contribution in [-0.4, -0.2) is 71.2 Å². The van der Waals surface area contributed by atoms with E-state index in [1.165, 1.54) is 18.6 Å². The molecule has 0 spiro atoms. The summed E-state index contributed by atoms with van der Waals surface area (Å²) in [6, 6.07) is 0. The highest BCUT2D eigenvalue weighted by molar-refractivity contribution is 5.91. The number of amides is 1. The van der Waals surface area contributed by atoms with Crippen molar-refractivity contribution < 1.29 is 9.53 Å². The molecule has 0 aliphatic carbocycles. The normalized spacial score (nSPS) is 14.2. The van der Waals surface area contributed by atoms with Crippen LogP contribution in [0.15, 0.2) is 18.6 Å². The predicted octanol–water partition coefficient (Wildman–Crippen LogP) is -0.506. The molecule has 1 fully saturated rings. The van der Waals surface area contributed by atoms with Gasteiger partial charge in [-0.1, -0.05) is 0 Å². The molecule has 1 N–H and O–H groups in total. The summed E-state index contributed by atoms with van der Waals surface area (Å²) in [6.07, 6.45) is 4.40. The summed E-state index contributed by atoms with van der Waals surface area (Å²) in [6.45, 7) is 2.91. The van der Waals surface area contributed by atoms with Crippen LogP contribution in [0.1, 0.15) is 16.3 Å². The lowest BCUT2D eigenvalue weighted by molar-refractivity contribution is 0.0944. The topological polar surface area (TPSA) is 109 Å². The van der Waals surface area contributed by atoms with Gasteiger partial charge in [-0.25, -0.2) is 4.98 Å². The van der Waals surface area contributed by atoms with Crippen LogP contribution < -0.4 is 15.1 Å². The van der Waals surface area contributed by atoms with Crippen molar-refractivity contribution in [2.45, 2.75) is 6.54 Å². The molecular weight excluding hydrogens is 324 g/mol. The summed E-state index contributed by atoms with van der Waals surface area (Å²) >= 11 is 0. The van der Waals surface area contributed by atoms with Crippen LogP contribution in [0.25, 0.3) is 0 Å². The standard InChI is InChI=1S/C15H20N8O2/c1-22(2)14-19-12(10-18-13(24)11-9-16-3-4-17-11)20-15(21-14)23-5-7-25-8-6-23/h3-4,9H,5-8,10H2,1-2H3,(H,18,24). The molecule has 1 saturated heterocycles. The second-order valence-corrected chi connectivity index (χ2v) is 5.62. The van der Waals surface area contributed by atoms with E-state index in [0.717, 1.165) is 13.1 Å². The van der Waals surface area contributed by atoms with Gasteiger partial charge in [-0.15, -0.1) is 0 Å². The Morgan fingerprint density at radius 3 is 2.72 bits per heavy atom. The number of morpholine rings is 1. The number of anilines is 2.